The molecule has 0 saturated carbocycles. The Morgan fingerprint density at radius 1 is 1.27 bits per heavy atom. The van der Waals surface area contributed by atoms with Crippen LogP contribution in [0.15, 0.2) is 0 Å². The van der Waals surface area contributed by atoms with Crippen LogP contribution in [-0.4, -0.2) is 0 Å². The third kappa shape index (κ3) is 7.68. The minimum atomic E-state index is 0. The van der Waals surface area contributed by atoms with Crippen LogP contribution in [0.3, 0.4) is 0 Å². The number of hydrogen-bond donors (Lipinski definition) is 0. The zero-order valence-corrected chi connectivity index (χ0v) is 8.28. The largest absolute Gasteiger partial charge is 0.198 e. The lowest BCUT2D eigenvalue weighted by Gasteiger charge is -2.02. The second-order valence-electron chi connectivity index (χ2n) is 2.73. The lowest BCUT2D eigenvalue weighted by atomic mass is 10.0. The van der Waals surface area contributed by atoms with Gasteiger partial charge < -0.3 is 0 Å². The summed E-state index contributed by atoms with van der Waals surface area (Å²) in [7, 11) is 0. The van der Waals surface area contributed by atoms with Gasteiger partial charge in [0.25, 0.3) is 0 Å². The van der Waals surface area contributed by atoms with Crippen molar-refractivity contribution in [2.75, 3.05) is 0 Å². The first kappa shape index (κ1) is 13.4. The molecule has 0 aliphatic heterocycles. The van der Waals surface area contributed by atoms with E-state index < -0.39 is 0 Å². The van der Waals surface area contributed by atoms with Crippen LogP contribution >= 0.6 is 12.4 Å². The highest BCUT2D eigenvalue weighted by Gasteiger charge is 2.01. The van der Waals surface area contributed by atoms with E-state index in [1.807, 2.05) is 0 Å². The van der Waals surface area contributed by atoms with Crippen LogP contribution in [0.1, 0.15) is 46.0 Å². The molecule has 0 aromatic heterocycles. The first-order chi connectivity index (χ1) is 4.85. The summed E-state index contributed by atoms with van der Waals surface area (Å²) in [6.45, 7) is 4.27. The summed E-state index contributed by atoms with van der Waals surface area (Å²) in [6.07, 6.45) is 5.86. The first-order valence-corrected chi connectivity index (χ1v) is 4.24. The van der Waals surface area contributed by atoms with E-state index in [0.717, 1.165) is 12.8 Å². The minimum absolute atomic E-state index is 0. The maximum absolute atomic E-state index is 8.58. The standard InChI is InChI=1S/C9H17N.ClH/c1-3-5-6-7-9(4-2)8-10;/h9H,3-7H2,1-2H3;1H. The molecule has 0 heterocycles. The summed E-state index contributed by atoms with van der Waals surface area (Å²) >= 11 is 0. The average Bonchev–Trinajstić information content (AvgIpc) is 1.99. The topological polar surface area (TPSA) is 23.8 Å². The smallest absolute Gasteiger partial charge is 0.0655 e. The van der Waals surface area contributed by atoms with E-state index in [1.165, 1.54) is 19.3 Å². The van der Waals surface area contributed by atoms with E-state index in [1.54, 1.807) is 0 Å². The molecule has 0 aromatic rings. The third-order valence-corrected chi connectivity index (χ3v) is 1.83. The predicted octanol–water partition coefficient (Wildman–Crippen LogP) is 3.54. The van der Waals surface area contributed by atoms with Gasteiger partial charge in [-0.25, -0.2) is 0 Å². The van der Waals surface area contributed by atoms with Gasteiger partial charge in [0, 0.05) is 5.92 Å². The molecule has 0 rings (SSSR count). The van der Waals surface area contributed by atoms with E-state index >= 15 is 0 Å². The first-order valence-electron chi connectivity index (χ1n) is 4.24. The van der Waals surface area contributed by atoms with Gasteiger partial charge in [-0.15, -0.1) is 12.4 Å². The van der Waals surface area contributed by atoms with Crippen molar-refractivity contribution < 1.29 is 0 Å². The quantitative estimate of drug-likeness (QED) is 0.587. The second kappa shape index (κ2) is 9.78. The second-order valence-corrected chi connectivity index (χ2v) is 2.73. The Kier molecular flexibility index (Phi) is 11.9. The van der Waals surface area contributed by atoms with E-state index in [2.05, 4.69) is 19.9 Å². The van der Waals surface area contributed by atoms with Gasteiger partial charge in [-0.05, 0) is 12.8 Å². The Balaban J connectivity index is 0. The summed E-state index contributed by atoms with van der Waals surface area (Å²) in [5, 5.41) is 8.58. The van der Waals surface area contributed by atoms with E-state index in [4.69, 9.17) is 5.26 Å². The van der Waals surface area contributed by atoms with Crippen LogP contribution in [0, 0.1) is 17.2 Å². The molecule has 0 aliphatic rings. The lowest BCUT2D eigenvalue weighted by molar-refractivity contribution is 0.536. The van der Waals surface area contributed by atoms with E-state index in [0.29, 0.717) is 5.92 Å². The van der Waals surface area contributed by atoms with Crippen LogP contribution in [0.5, 0.6) is 0 Å². The van der Waals surface area contributed by atoms with Gasteiger partial charge >= 0.3 is 0 Å². The molecule has 1 unspecified atom stereocenters. The van der Waals surface area contributed by atoms with Crippen molar-refractivity contribution in [3.8, 4) is 6.07 Å². The average molecular weight is 176 g/mol. The summed E-state index contributed by atoms with van der Waals surface area (Å²) in [6, 6.07) is 2.31. The van der Waals surface area contributed by atoms with Crippen molar-refractivity contribution in [3.63, 3.8) is 0 Å². The van der Waals surface area contributed by atoms with Gasteiger partial charge in [0.05, 0.1) is 6.07 Å². The fourth-order valence-electron chi connectivity index (χ4n) is 1.00. The molecular formula is C9H18ClN. The van der Waals surface area contributed by atoms with Crippen molar-refractivity contribution in [1.29, 1.82) is 5.26 Å². The fourth-order valence-corrected chi connectivity index (χ4v) is 1.00. The summed E-state index contributed by atoms with van der Waals surface area (Å²) in [4.78, 5) is 0. The highest BCUT2D eigenvalue weighted by atomic mass is 35.5. The van der Waals surface area contributed by atoms with E-state index in [9.17, 15) is 0 Å². The Labute approximate surface area is 76.2 Å². The molecular weight excluding hydrogens is 158 g/mol. The number of hydrogen-bond acceptors (Lipinski definition) is 1. The molecule has 1 atom stereocenters. The van der Waals surface area contributed by atoms with Crippen molar-refractivity contribution in [2.45, 2.75) is 46.0 Å². The number of nitrogens with zero attached hydrogens (tertiary/aromatic N) is 1. The number of unbranched alkanes of at least 4 members (excludes halogenated alkanes) is 2. The Hall–Kier alpha value is -0.220. The third-order valence-electron chi connectivity index (χ3n) is 1.83. The molecule has 0 fully saturated rings. The van der Waals surface area contributed by atoms with Crippen molar-refractivity contribution in [3.05, 3.63) is 0 Å². The summed E-state index contributed by atoms with van der Waals surface area (Å²) in [5.41, 5.74) is 0. The molecule has 0 saturated heterocycles. The zero-order chi connectivity index (χ0) is 7.82. The molecule has 1 nitrogen and oxygen atoms in total. The number of rotatable bonds is 5. The molecule has 0 spiro atoms. The monoisotopic (exact) mass is 175 g/mol. The molecule has 0 bridgehead atoms. The SMILES string of the molecule is CCCCCC(C#N)CC.Cl. The van der Waals surface area contributed by atoms with Crippen LogP contribution in [0.25, 0.3) is 0 Å². The van der Waals surface area contributed by atoms with Gasteiger partial charge in [-0.3, -0.25) is 0 Å². The fraction of sp³-hybridized carbons (Fsp3) is 0.889. The van der Waals surface area contributed by atoms with Crippen molar-refractivity contribution >= 4 is 12.4 Å². The van der Waals surface area contributed by atoms with Gasteiger partial charge in [-0.2, -0.15) is 5.26 Å². The molecule has 0 radical (unpaired) electrons. The maximum atomic E-state index is 8.58. The molecule has 2 heteroatoms. The van der Waals surface area contributed by atoms with Crippen molar-refractivity contribution in [2.24, 2.45) is 5.92 Å². The van der Waals surface area contributed by atoms with Crippen molar-refractivity contribution in [1.82, 2.24) is 0 Å². The van der Waals surface area contributed by atoms with Crippen LogP contribution < -0.4 is 0 Å². The number of halogens is 1. The molecule has 0 aliphatic carbocycles. The lowest BCUT2D eigenvalue weighted by Crippen LogP contribution is -1.93. The van der Waals surface area contributed by atoms with Gasteiger partial charge in [0.2, 0.25) is 0 Å². The Morgan fingerprint density at radius 2 is 1.91 bits per heavy atom. The van der Waals surface area contributed by atoms with Gasteiger partial charge in [0.1, 0.15) is 0 Å². The van der Waals surface area contributed by atoms with Gasteiger partial charge in [-0.1, -0.05) is 33.1 Å². The van der Waals surface area contributed by atoms with Gasteiger partial charge in [0.15, 0.2) is 0 Å². The summed E-state index contributed by atoms with van der Waals surface area (Å²) in [5.74, 6) is 0.312. The highest BCUT2D eigenvalue weighted by molar-refractivity contribution is 5.85. The van der Waals surface area contributed by atoms with Crippen LogP contribution in [-0.2, 0) is 0 Å². The van der Waals surface area contributed by atoms with Crippen LogP contribution in [0.2, 0.25) is 0 Å². The maximum Gasteiger partial charge on any atom is 0.0655 e. The zero-order valence-electron chi connectivity index (χ0n) is 7.47. The molecule has 0 amide bonds. The Morgan fingerprint density at radius 3 is 2.27 bits per heavy atom. The normalized spacial score (nSPS) is 11.4. The molecule has 11 heavy (non-hydrogen) atoms. The minimum Gasteiger partial charge on any atom is -0.198 e. The molecule has 0 N–H and O–H groups in total. The molecule has 0 aromatic carbocycles. The summed E-state index contributed by atoms with van der Waals surface area (Å²) < 4.78 is 0. The highest BCUT2D eigenvalue weighted by Crippen LogP contribution is 2.11. The van der Waals surface area contributed by atoms with Crippen LogP contribution in [0.4, 0.5) is 0 Å². The van der Waals surface area contributed by atoms with E-state index in [-0.39, 0.29) is 12.4 Å². The number of nitriles is 1. The Bertz CT molecular complexity index is 107. The molecule has 66 valence electrons. The predicted molar refractivity (Wildman–Crippen MR) is 50.8 cm³/mol.